The van der Waals surface area contributed by atoms with Crippen LogP contribution in [0.5, 0.6) is 0 Å². The number of nitro groups is 1. The first-order valence-electron chi connectivity index (χ1n) is 6.52. The Morgan fingerprint density at radius 3 is 2.42 bits per heavy atom. The van der Waals surface area contributed by atoms with Gasteiger partial charge in [-0.05, 0) is 31.7 Å². The van der Waals surface area contributed by atoms with Crippen molar-refractivity contribution in [2.45, 2.75) is 32.6 Å². The van der Waals surface area contributed by atoms with Crippen LogP contribution in [0.1, 0.15) is 36.8 Å². The van der Waals surface area contributed by atoms with E-state index in [1.165, 1.54) is 0 Å². The third-order valence-electron chi connectivity index (χ3n) is 3.47. The van der Waals surface area contributed by atoms with E-state index in [1.54, 1.807) is 0 Å². The molecule has 0 atom stereocenters. The number of allylic oxidation sites excluding steroid dienone is 1. The minimum Gasteiger partial charge on any atom is -0.295 e. The molecule has 0 bridgehead atoms. The summed E-state index contributed by atoms with van der Waals surface area (Å²) in [6, 6.07) is 7.57. The van der Waals surface area contributed by atoms with Crippen LogP contribution in [0.4, 0.5) is 0 Å². The van der Waals surface area contributed by atoms with E-state index < -0.39 is 0 Å². The predicted molar refractivity (Wildman–Crippen MR) is 73.4 cm³/mol. The van der Waals surface area contributed by atoms with Gasteiger partial charge < -0.3 is 0 Å². The third-order valence-corrected chi connectivity index (χ3v) is 3.47. The Morgan fingerprint density at radius 2 is 1.84 bits per heavy atom. The quantitative estimate of drug-likeness (QED) is 0.476. The van der Waals surface area contributed by atoms with Gasteiger partial charge in [0.2, 0.25) is 6.54 Å². The van der Waals surface area contributed by atoms with Crippen molar-refractivity contribution in [1.29, 1.82) is 0 Å². The molecule has 19 heavy (non-hydrogen) atoms. The van der Waals surface area contributed by atoms with E-state index in [-0.39, 0.29) is 17.3 Å². The number of carbonyl (C=O) groups excluding carboxylic acids is 1. The lowest BCUT2D eigenvalue weighted by molar-refractivity contribution is -0.465. The summed E-state index contributed by atoms with van der Waals surface area (Å²) >= 11 is 0. The van der Waals surface area contributed by atoms with Crippen molar-refractivity contribution in [2.24, 2.45) is 0 Å². The number of nitrogens with zero attached hydrogens (tertiary/aromatic N) is 1. The lowest BCUT2D eigenvalue weighted by Gasteiger charge is -2.16. The molecule has 1 aromatic rings. The Balaban J connectivity index is 2.45. The Morgan fingerprint density at radius 1 is 1.21 bits per heavy atom. The van der Waals surface area contributed by atoms with Crippen LogP contribution in [0.25, 0.3) is 5.57 Å². The summed E-state index contributed by atoms with van der Waals surface area (Å²) < 4.78 is 0. The third kappa shape index (κ3) is 3.28. The van der Waals surface area contributed by atoms with Crippen LogP contribution in [-0.2, 0) is 4.79 Å². The van der Waals surface area contributed by atoms with Crippen molar-refractivity contribution in [3.8, 4) is 0 Å². The van der Waals surface area contributed by atoms with Crippen molar-refractivity contribution in [3.05, 3.63) is 51.1 Å². The summed E-state index contributed by atoms with van der Waals surface area (Å²) in [5.41, 5.74) is 3.15. The van der Waals surface area contributed by atoms with Crippen LogP contribution in [0, 0.1) is 17.0 Å². The van der Waals surface area contributed by atoms with Gasteiger partial charge in [-0.15, -0.1) is 0 Å². The Labute approximate surface area is 112 Å². The first-order chi connectivity index (χ1) is 9.08. The van der Waals surface area contributed by atoms with Gasteiger partial charge in [-0.3, -0.25) is 14.9 Å². The van der Waals surface area contributed by atoms with Gasteiger partial charge in [0.25, 0.3) is 0 Å². The summed E-state index contributed by atoms with van der Waals surface area (Å²) in [6.45, 7) is 1.69. The summed E-state index contributed by atoms with van der Waals surface area (Å²) in [7, 11) is 0. The maximum Gasteiger partial charge on any atom is 0.229 e. The zero-order chi connectivity index (χ0) is 13.8. The van der Waals surface area contributed by atoms with E-state index in [1.807, 2.05) is 31.2 Å². The molecule has 0 radical (unpaired) electrons. The Hall–Kier alpha value is -1.97. The van der Waals surface area contributed by atoms with Gasteiger partial charge in [0.15, 0.2) is 5.78 Å². The first-order valence-corrected chi connectivity index (χ1v) is 6.52. The second kappa shape index (κ2) is 5.78. The average molecular weight is 259 g/mol. The molecule has 0 spiro atoms. The number of ketones is 1. The largest absolute Gasteiger partial charge is 0.295 e. The van der Waals surface area contributed by atoms with Gasteiger partial charge in [0.1, 0.15) is 0 Å². The molecule has 0 saturated heterocycles. The van der Waals surface area contributed by atoms with E-state index in [2.05, 4.69) is 0 Å². The average Bonchev–Trinajstić information content (AvgIpc) is 2.38. The van der Waals surface area contributed by atoms with Crippen LogP contribution in [0.2, 0.25) is 0 Å². The molecule has 1 aromatic carbocycles. The number of aryl methyl sites for hydroxylation is 1. The summed E-state index contributed by atoms with van der Waals surface area (Å²) in [5, 5.41) is 10.9. The minimum absolute atomic E-state index is 0.0728. The first kappa shape index (κ1) is 13.5. The maximum absolute atomic E-state index is 12.0. The number of rotatable bonds is 3. The van der Waals surface area contributed by atoms with Crippen molar-refractivity contribution < 1.29 is 9.72 Å². The molecule has 1 aliphatic carbocycles. The van der Waals surface area contributed by atoms with Crippen LogP contribution >= 0.6 is 0 Å². The second-order valence-electron chi connectivity index (χ2n) is 4.94. The molecular weight excluding hydrogens is 242 g/mol. The smallest absolute Gasteiger partial charge is 0.229 e. The molecule has 0 aromatic heterocycles. The fraction of sp³-hybridized carbons (Fsp3) is 0.400. The van der Waals surface area contributed by atoms with Crippen molar-refractivity contribution in [2.75, 3.05) is 6.54 Å². The molecule has 0 N–H and O–H groups in total. The molecule has 0 aliphatic heterocycles. The highest BCUT2D eigenvalue weighted by molar-refractivity contribution is 6.03. The molecule has 4 heteroatoms. The molecule has 100 valence electrons. The van der Waals surface area contributed by atoms with E-state index in [9.17, 15) is 14.9 Å². The second-order valence-corrected chi connectivity index (χ2v) is 4.94. The molecule has 4 nitrogen and oxygen atoms in total. The van der Waals surface area contributed by atoms with Crippen LogP contribution < -0.4 is 0 Å². The normalized spacial score (nSPS) is 18.3. The summed E-state index contributed by atoms with van der Waals surface area (Å²) in [5.74, 6) is 0.0728. The number of hydrogen-bond acceptors (Lipinski definition) is 3. The molecule has 1 saturated carbocycles. The van der Waals surface area contributed by atoms with Crippen molar-refractivity contribution in [1.82, 2.24) is 0 Å². The maximum atomic E-state index is 12.0. The van der Waals surface area contributed by atoms with Crippen LogP contribution in [0.15, 0.2) is 29.8 Å². The topological polar surface area (TPSA) is 60.2 Å². The fourth-order valence-corrected chi connectivity index (χ4v) is 2.44. The van der Waals surface area contributed by atoms with E-state index in [0.29, 0.717) is 24.0 Å². The molecule has 2 rings (SSSR count). The lowest BCUT2D eigenvalue weighted by atomic mass is 9.87. The molecule has 1 fully saturated rings. The zero-order valence-corrected chi connectivity index (χ0v) is 11.0. The highest BCUT2D eigenvalue weighted by Crippen LogP contribution is 2.28. The highest BCUT2D eigenvalue weighted by atomic mass is 16.6. The lowest BCUT2D eigenvalue weighted by Crippen LogP contribution is -2.15. The summed E-state index contributed by atoms with van der Waals surface area (Å²) in [4.78, 5) is 22.5. The van der Waals surface area contributed by atoms with Crippen molar-refractivity contribution >= 4 is 11.4 Å². The monoisotopic (exact) mass is 259 g/mol. The molecule has 0 heterocycles. The van der Waals surface area contributed by atoms with Gasteiger partial charge in [0.05, 0.1) is 0 Å². The predicted octanol–water partition coefficient (Wildman–Crippen LogP) is 3.17. The number of carbonyl (C=O) groups is 1. The standard InChI is InChI=1S/C15H17NO3/c1-11-6-8-12(9-7-11)14(10-16(18)19)13-4-2-3-5-15(13)17/h6-9H,2-5,10H2,1H3/b14-13-. The molecule has 0 amide bonds. The van der Waals surface area contributed by atoms with Crippen molar-refractivity contribution in [3.63, 3.8) is 0 Å². The van der Waals surface area contributed by atoms with Gasteiger partial charge in [-0.1, -0.05) is 29.8 Å². The molecule has 1 aliphatic rings. The number of Topliss-reactive ketones (excluding diaryl/α,β-unsaturated/α-hetero) is 1. The van der Waals surface area contributed by atoms with Gasteiger partial charge in [-0.25, -0.2) is 0 Å². The molecular formula is C15H17NO3. The summed E-state index contributed by atoms with van der Waals surface area (Å²) in [6.07, 6.45) is 3.01. The number of benzene rings is 1. The number of hydrogen-bond donors (Lipinski definition) is 0. The van der Waals surface area contributed by atoms with E-state index >= 15 is 0 Å². The Bertz CT molecular complexity index is 529. The van der Waals surface area contributed by atoms with Gasteiger partial charge in [-0.2, -0.15) is 0 Å². The molecule has 0 unspecified atom stereocenters. The SMILES string of the molecule is Cc1ccc(/C(C[N+](=O)[O-])=C2/CCCCC2=O)cc1. The van der Waals surface area contributed by atoms with E-state index in [4.69, 9.17) is 0 Å². The zero-order valence-electron chi connectivity index (χ0n) is 11.0. The Kier molecular flexibility index (Phi) is 4.10. The van der Waals surface area contributed by atoms with E-state index in [0.717, 1.165) is 24.0 Å². The minimum atomic E-state index is -0.357. The van der Waals surface area contributed by atoms with Crippen LogP contribution in [-0.4, -0.2) is 17.3 Å². The fourth-order valence-electron chi connectivity index (χ4n) is 2.44. The highest BCUT2D eigenvalue weighted by Gasteiger charge is 2.22. The van der Waals surface area contributed by atoms with Gasteiger partial charge >= 0.3 is 0 Å². The van der Waals surface area contributed by atoms with Crippen LogP contribution in [0.3, 0.4) is 0 Å². The van der Waals surface area contributed by atoms with Gasteiger partial charge in [0, 0.05) is 22.5 Å².